The average Bonchev–Trinajstić information content (AvgIpc) is 3.26. The number of anilines is 1. The van der Waals surface area contributed by atoms with Crippen molar-refractivity contribution in [2.24, 2.45) is 11.3 Å². The SMILES string of the molecule is COCC1(C(=O)O)CCN(C(=O)C2CC(=O)N(c3ccccc3OC)C2)C1. The van der Waals surface area contributed by atoms with Crippen LogP contribution in [0.25, 0.3) is 0 Å². The van der Waals surface area contributed by atoms with Crippen LogP contribution in [-0.4, -0.2) is 68.3 Å². The van der Waals surface area contributed by atoms with E-state index in [1.165, 1.54) is 14.2 Å². The van der Waals surface area contributed by atoms with Gasteiger partial charge in [0.2, 0.25) is 11.8 Å². The number of ether oxygens (including phenoxy) is 2. The van der Waals surface area contributed by atoms with Crippen LogP contribution in [-0.2, 0) is 19.1 Å². The van der Waals surface area contributed by atoms with E-state index in [4.69, 9.17) is 9.47 Å². The molecule has 0 aromatic heterocycles. The Hall–Kier alpha value is -2.61. The maximum Gasteiger partial charge on any atom is 0.313 e. The summed E-state index contributed by atoms with van der Waals surface area (Å²) in [7, 11) is 2.99. The van der Waals surface area contributed by atoms with Crippen molar-refractivity contribution in [3.63, 3.8) is 0 Å². The number of hydrogen-bond acceptors (Lipinski definition) is 5. The molecule has 2 fully saturated rings. The van der Waals surface area contributed by atoms with Gasteiger partial charge in [-0.2, -0.15) is 0 Å². The van der Waals surface area contributed by atoms with E-state index in [1.54, 1.807) is 21.9 Å². The van der Waals surface area contributed by atoms with Gasteiger partial charge in [0.15, 0.2) is 0 Å². The van der Waals surface area contributed by atoms with Crippen LogP contribution in [0.3, 0.4) is 0 Å². The summed E-state index contributed by atoms with van der Waals surface area (Å²) in [5.74, 6) is -1.20. The van der Waals surface area contributed by atoms with E-state index in [1.807, 2.05) is 12.1 Å². The minimum absolute atomic E-state index is 0.0586. The number of methoxy groups -OCH3 is 2. The molecule has 27 heavy (non-hydrogen) atoms. The number of para-hydroxylation sites is 2. The number of nitrogens with zero attached hydrogens (tertiary/aromatic N) is 2. The smallest absolute Gasteiger partial charge is 0.313 e. The van der Waals surface area contributed by atoms with Gasteiger partial charge in [0.25, 0.3) is 0 Å². The molecule has 0 radical (unpaired) electrons. The highest BCUT2D eigenvalue weighted by molar-refractivity contribution is 6.01. The molecular formula is C19H24N2O6. The number of rotatable bonds is 6. The molecule has 0 aliphatic carbocycles. The number of carbonyl (C=O) groups excluding carboxylic acids is 2. The van der Waals surface area contributed by atoms with Crippen LogP contribution >= 0.6 is 0 Å². The van der Waals surface area contributed by atoms with Gasteiger partial charge in [0.05, 0.1) is 25.3 Å². The Labute approximate surface area is 157 Å². The van der Waals surface area contributed by atoms with E-state index in [9.17, 15) is 19.5 Å². The monoisotopic (exact) mass is 376 g/mol. The number of likely N-dealkylation sites (tertiary alicyclic amines) is 1. The molecule has 0 saturated carbocycles. The standard InChI is InChI=1S/C19H24N2O6/c1-26-12-19(18(24)25)7-8-20(11-19)17(23)13-9-16(22)21(10-13)14-5-3-4-6-15(14)27-2/h3-6,13H,7-12H2,1-2H3,(H,24,25). The van der Waals surface area contributed by atoms with E-state index in [-0.39, 0.29) is 37.9 Å². The molecule has 8 nitrogen and oxygen atoms in total. The summed E-state index contributed by atoms with van der Waals surface area (Å²) in [4.78, 5) is 40.2. The molecule has 8 heteroatoms. The lowest BCUT2D eigenvalue weighted by Crippen LogP contribution is -2.42. The molecule has 2 saturated heterocycles. The molecular weight excluding hydrogens is 352 g/mol. The number of carbonyl (C=O) groups is 3. The Bertz CT molecular complexity index is 751. The third-order valence-electron chi connectivity index (χ3n) is 5.39. The van der Waals surface area contributed by atoms with E-state index in [0.29, 0.717) is 24.4 Å². The first-order valence-electron chi connectivity index (χ1n) is 8.86. The second-order valence-electron chi connectivity index (χ2n) is 7.11. The Kier molecular flexibility index (Phi) is 5.36. The maximum atomic E-state index is 12.9. The highest BCUT2D eigenvalue weighted by Gasteiger charge is 2.48. The van der Waals surface area contributed by atoms with Crippen molar-refractivity contribution in [3.05, 3.63) is 24.3 Å². The Morgan fingerprint density at radius 2 is 2.04 bits per heavy atom. The summed E-state index contributed by atoms with van der Waals surface area (Å²) in [6.07, 6.45) is 0.455. The average molecular weight is 376 g/mol. The molecule has 0 bridgehead atoms. The van der Waals surface area contributed by atoms with Crippen LogP contribution in [0.5, 0.6) is 5.75 Å². The van der Waals surface area contributed by atoms with E-state index < -0.39 is 17.3 Å². The van der Waals surface area contributed by atoms with Gasteiger partial charge in [-0.3, -0.25) is 14.4 Å². The van der Waals surface area contributed by atoms with Crippen LogP contribution in [0.1, 0.15) is 12.8 Å². The fourth-order valence-electron chi connectivity index (χ4n) is 3.91. The highest BCUT2D eigenvalue weighted by Crippen LogP contribution is 2.36. The molecule has 1 aromatic rings. The van der Waals surface area contributed by atoms with Crippen molar-refractivity contribution >= 4 is 23.5 Å². The van der Waals surface area contributed by atoms with Gasteiger partial charge in [0.1, 0.15) is 11.2 Å². The first kappa shape index (κ1) is 19.2. The van der Waals surface area contributed by atoms with Crippen molar-refractivity contribution in [1.29, 1.82) is 0 Å². The summed E-state index contributed by atoms with van der Waals surface area (Å²) in [5, 5.41) is 9.56. The van der Waals surface area contributed by atoms with Crippen molar-refractivity contribution < 1.29 is 29.0 Å². The summed E-state index contributed by atoms with van der Waals surface area (Å²) in [5.41, 5.74) is -0.434. The number of carboxylic acid groups (broad SMARTS) is 1. The molecule has 2 aliphatic heterocycles. The van der Waals surface area contributed by atoms with Gasteiger partial charge < -0.3 is 24.4 Å². The minimum atomic E-state index is -1.07. The fraction of sp³-hybridized carbons (Fsp3) is 0.526. The van der Waals surface area contributed by atoms with Crippen molar-refractivity contribution in [2.45, 2.75) is 12.8 Å². The minimum Gasteiger partial charge on any atom is -0.495 e. The van der Waals surface area contributed by atoms with Crippen LogP contribution in [0, 0.1) is 11.3 Å². The fourth-order valence-corrected chi connectivity index (χ4v) is 3.91. The molecule has 0 spiro atoms. The topological polar surface area (TPSA) is 96.4 Å². The van der Waals surface area contributed by atoms with Gasteiger partial charge in [-0.05, 0) is 18.6 Å². The van der Waals surface area contributed by atoms with Gasteiger partial charge in [-0.25, -0.2) is 0 Å². The van der Waals surface area contributed by atoms with Gasteiger partial charge in [-0.15, -0.1) is 0 Å². The molecule has 146 valence electrons. The van der Waals surface area contributed by atoms with Crippen LogP contribution in [0.15, 0.2) is 24.3 Å². The summed E-state index contributed by atoms with van der Waals surface area (Å²) in [6.45, 7) is 0.782. The van der Waals surface area contributed by atoms with Crippen molar-refractivity contribution in [2.75, 3.05) is 45.4 Å². The zero-order valence-electron chi connectivity index (χ0n) is 15.5. The third-order valence-corrected chi connectivity index (χ3v) is 5.39. The Morgan fingerprint density at radius 3 is 2.70 bits per heavy atom. The predicted molar refractivity (Wildman–Crippen MR) is 96.6 cm³/mol. The predicted octanol–water partition coefficient (Wildman–Crippen LogP) is 0.998. The first-order valence-corrected chi connectivity index (χ1v) is 8.86. The summed E-state index contributed by atoms with van der Waals surface area (Å²) < 4.78 is 10.4. The van der Waals surface area contributed by atoms with Gasteiger partial charge >= 0.3 is 5.97 Å². The second-order valence-corrected chi connectivity index (χ2v) is 7.11. The number of aliphatic carboxylic acids is 1. The third kappa shape index (κ3) is 3.49. The maximum absolute atomic E-state index is 12.9. The highest BCUT2D eigenvalue weighted by atomic mass is 16.5. The summed E-state index contributed by atoms with van der Waals surface area (Å²) in [6, 6.07) is 7.18. The Balaban J connectivity index is 1.72. The van der Waals surface area contributed by atoms with Crippen molar-refractivity contribution in [3.8, 4) is 5.75 Å². The number of hydrogen-bond donors (Lipinski definition) is 1. The zero-order valence-corrected chi connectivity index (χ0v) is 15.5. The normalized spacial score (nSPS) is 25.1. The van der Waals surface area contributed by atoms with Crippen molar-refractivity contribution in [1.82, 2.24) is 4.90 Å². The molecule has 2 atom stereocenters. The Morgan fingerprint density at radius 1 is 1.30 bits per heavy atom. The molecule has 2 aliphatic rings. The number of carboxylic acids is 1. The lowest BCUT2D eigenvalue weighted by molar-refractivity contribution is -0.152. The molecule has 2 heterocycles. The zero-order chi connectivity index (χ0) is 19.6. The number of benzene rings is 1. The lowest BCUT2D eigenvalue weighted by Gasteiger charge is -2.25. The van der Waals surface area contributed by atoms with E-state index in [0.717, 1.165) is 0 Å². The molecule has 2 amide bonds. The molecule has 3 rings (SSSR count). The first-order chi connectivity index (χ1) is 12.9. The van der Waals surface area contributed by atoms with Gasteiger partial charge in [-0.1, -0.05) is 12.1 Å². The summed E-state index contributed by atoms with van der Waals surface area (Å²) >= 11 is 0. The van der Waals surface area contributed by atoms with E-state index >= 15 is 0 Å². The molecule has 1 N–H and O–H groups in total. The largest absolute Gasteiger partial charge is 0.495 e. The molecule has 1 aromatic carbocycles. The molecule has 2 unspecified atom stereocenters. The van der Waals surface area contributed by atoms with E-state index in [2.05, 4.69) is 0 Å². The van der Waals surface area contributed by atoms with Crippen LogP contribution in [0.2, 0.25) is 0 Å². The lowest BCUT2D eigenvalue weighted by atomic mass is 9.88. The van der Waals surface area contributed by atoms with Crippen LogP contribution in [0.4, 0.5) is 5.69 Å². The van der Waals surface area contributed by atoms with Gasteiger partial charge in [0, 0.05) is 33.2 Å². The second kappa shape index (κ2) is 7.56. The van der Waals surface area contributed by atoms with Crippen LogP contribution < -0.4 is 9.64 Å². The number of amides is 2. The quantitative estimate of drug-likeness (QED) is 0.796.